The minimum atomic E-state index is -0.778. The largest absolute Gasteiger partial charge is 0.463 e. The van der Waals surface area contributed by atoms with E-state index in [1.54, 1.807) is 18.2 Å². The number of oxime groups is 1. The van der Waals surface area contributed by atoms with Crippen LogP contribution in [0.25, 0.3) is 0 Å². The second kappa shape index (κ2) is 10.9. The van der Waals surface area contributed by atoms with Gasteiger partial charge in [0, 0.05) is 49.9 Å². The molecule has 10 nitrogen and oxygen atoms in total. The van der Waals surface area contributed by atoms with Gasteiger partial charge in [0.25, 0.3) is 11.8 Å². The third-order valence-electron chi connectivity index (χ3n) is 6.30. The van der Waals surface area contributed by atoms with E-state index in [1.807, 2.05) is 17.9 Å². The number of nitrogens with two attached hydrogens (primary N) is 1. The number of nitrogens with one attached hydrogen (secondary N) is 1. The maximum Gasteiger partial charge on any atom is 0.261 e. The quantitative estimate of drug-likeness (QED) is 0.194. The Bertz CT molecular complexity index is 1160. The number of hydrogen-bond donors (Lipinski definition) is 3. The van der Waals surface area contributed by atoms with Crippen molar-refractivity contribution in [1.29, 1.82) is 0 Å². The number of carbonyl (C=O) groups is 2. The Morgan fingerprint density at radius 2 is 2.03 bits per heavy atom. The van der Waals surface area contributed by atoms with E-state index in [2.05, 4.69) is 20.4 Å². The lowest BCUT2D eigenvalue weighted by Gasteiger charge is -2.60. The lowest BCUT2D eigenvalue weighted by molar-refractivity contribution is -0.128. The number of nitrogens with zero attached hydrogens (tertiary/aromatic N) is 4. The molecular weight excluding hydrogens is 507 g/mol. The van der Waals surface area contributed by atoms with Crippen molar-refractivity contribution in [3.05, 3.63) is 57.7 Å². The predicted octanol–water partition coefficient (Wildman–Crippen LogP) is 2.37. The van der Waals surface area contributed by atoms with E-state index in [4.69, 9.17) is 38.9 Å². The normalized spacial score (nSPS) is 17.8. The number of hydrogen-bond acceptors (Lipinski definition) is 7. The van der Waals surface area contributed by atoms with E-state index in [0.29, 0.717) is 36.6 Å². The van der Waals surface area contributed by atoms with Gasteiger partial charge in [0.15, 0.2) is 11.9 Å². The van der Waals surface area contributed by atoms with Crippen molar-refractivity contribution in [2.75, 3.05) is 32.7 Å². The van der Waals surface area contributed by atoms with Crippen molar-refractivity contribution in [2.24, 2.45) is 16.3 Å². The topological polar surface area (TPSA) is 133 Å². The smallest absolute Gasteiger partial charge is 0.261 e. The van der Waals surface area contributed by atoms with Gasteiger partial charge < -0.3 is 25.9 Å². The third kappa shape index (κ3) is 5.83. The fourth-order valence-corrected chi connectivity index (χ4v) is 5.05. The van der Waals surface area contributed by atoms with E-state index < -0.39 is 6.10 Å². The molecule has 0 radical (unpaired) electrons. The van der Waals surface area contributed by atoms with Crippen LogP contribution in [0.4, 0.5) is 0 Å². The molecule has 2 amide bonds. The fraction of sp³-hybridized carbons (Fsp3) is 0.417. The number of halogens is 2. The van der Waals surface area contributed by atoms with Crippen LogP contribution in [0.5, 0.6) is 5.88 Å². The van der Waals surface area contributed by atoms with Crippen LogP contribution in [-0.4, -0.2) is 76.5 Å². The number of rotatable bonds is 9. The van der Waals surface area contributed by atoms with Crippen LogP contribution in [0, 0.1) is 5.41 Å². The molecule has 2 aliphatic rings. The first-order valence-electron chi connectivity index (χ1n) is 11.5. The molecule has 2 saturated heterocycles. The van der Waals surface area contributed by atoms with Crippen molar-refractivity contribution in [3.8, 4) is 5.88 Å². The first kappa shape index (κ1) is 26.0. The average molecular weight is 535 g/mol. The highest BCUT2D eigenvalue weighted by Gasteiger charge is 2.53. The second-order valence-electron chi connectivity index (χ2n) is 9.27. The highest BCUT2D eigenvalue weighted by molar-refractivity contribution is 6.35. The van der Waals surface area contributed by atoms with Gasteiger partial charge in [-0.1, -0.05) is 47.4 Å². The molecule has 1 unspecified atom stereocenters. The summed E-state index contributed by atoms with van der Waals surface area (Å²) < 4.78 is 5.68. The van der Waals surface area contributed by atoms with E-state index >= 15 is 0 Å². The van der Waals surface area contributed by atoms with Gasteiger partial charge in [0.05, 0.1) is 11.6 Å². The molecule has 192 valence electrons. The number of carbonyl (C=O) groups excluding carboxylic acids is 2. The second-order valence-corrected chi connectivity index (χ2v) is 10.1. The van der Waals surface area contributed by atoms with Crippen molar-refractivity contribution in [2.45, 2.75) is 26.0 Å². The molecule has 0 saturated carbocycles. The summed E-state index contributed by atoms with van der Waals surface area (Å²) in [6.07, 6.45) is 1.04. The maximum atomic E-state index is 13.0. The Morgan fingerprint density at radius 3 is 2.69 bits per heavy atom. The molecule has 12 heteroatoms. The average Bonchev–Trinajstić information content (AvgIpc) is 2.82. The van der Waals surface area contributed by atoms with Gasteiger partial charge in [-0.2, -0.15) is 0 Å². The molecule has 1 spiro atoms. The zero-order valence-electron chi connectivity index (χ0n) is 19.8. The summed E-state index contributed by atoms with van der Waals surface area (Å²) in [5.41, 5.74) is 7.02. The van der Waals surface area contributed by atoms with Gasteiger partial charge in [-0.25, -0.2) is 4.98 Å². The summed E-state index contributed by atoms with van der Waals surface area (Å²) in [5, 5.41) is 15.2. The third-order valence-corrected chi connectivity index (χ3v) is 6.78. The summed E-state index contributed by atoms with van der Waals surface area (Å²) in [7, 11) is 0. The lowest BCUT2D eigenvalue weighted by Crippen LogP contribution is -2.73. The van der Waals surface area contributed by atoms with Crippen LogP contribution >= 0.6 is 23.2 Å². The van der Waals surface area contributed by atoms with Gasteiger partial charge >= 0.3 is 0 Å². The van der Waals surface area contributed by atoms with Crippen LogP contribution in [0.15, 0.2) is 41.7 Å². The number of likely N-dealkylation sites (tertiary alicyclic amines) is 2. The molecule has 4 N–H and O–H groups in total. The molecule has 36 heavy (non-hydrogen) atoms. The number of amidine groups is 1. The summed E-state index contributed by atoms with van der Waals surface area (Å²) in [5.74, 6) is -0.0270. The zero-order valence-corrected chi connectivity index (χ0v) is 21.3. The van der Waals surface area contributed by atoms with Gasteiger partial charge in [0.2, 0.25) is 5.88 Å². The van der Waals surface area contributed by atoms with E-state index in [0.717, 1.165) is 18.7 Å². The Balaban J connectivity index is 1.28. The van der Waals surface area contributed by atoms with E-state index in [9.17, 15) is 9.59 Å². The van der Waals surface area contributed by atoms with Crippen LogP contribution in [0.3, 0.4) is 0 Å². The molecule has 1 aromatic heterocycles. The minimum Gasteiger partial charge on any atom is -0.463 e. The van der Waals surface area contributed by atoms with Crippen molar-refractivity contribution >= 4 is 40.9 Å². The molecule has 2 aromatic rings. The number of aromatic nitrogens is 1. The summed E-state index contributed by atoms with van der Waals surface area (Å²) in [6, 6.07) is 8.72. The van der Waals surface area contributed by atoms with Crippen LogP contribution in [-0.2, 0) is 11.3 Å². The first-order chi connectivity index (χ1) is 17.2. The predicted molar refractivity (Wildman–Crippen MR) is 135 cm³/mol. The molecule has 2 fully saturated rings. The lowest BCUT2D eigenvalue weighted by atomic mass is 9.72. The molecule has 0 bridgehead atoms. The molecular formula is C24H28Cl2N6O4. The Labute approximate surface area is 219 Å². The molecule has 3 heterocycles. The van der Waals surface area contributed by atoms with Gasteiger partial charge in [-0.3, -0.25) is 14.5 Å². The summed E-state index contributed by atoms with van der Waals surface area (Å²) >= 11 is 12.0. The van der Waals surface area contributed by atoms with Crippen LogP contribution in [0.2, 0.25) is 10.0 Å². The number of pyridine rings is 1. The maximum absolute atomic E-state index is 13.0. The fourth-order valence-electron chi connectivity index (χ4n) is 4.63. The van der Waals surface area contributed by atoms with Gasteiger partial charge in [-0.05, 0) is 30.2 Å². The van der Waals surface area contributed by atoms with E-state index in [-0.39, 0.29) is 40.5 Å². The Morgan fingerprint density at radius 1 is 1.28 bits per heavy atom. The van der Waals surface area contributed by atoms with Crippen molar-refractivity contribution in [3.63, 3.8) is 0 Å². The summed E-state index contributed by atoms with van der Waals surface area (Å²) in [4.78, 5) is 33.6. The van der Waals surface area contributed by atoms with Crippen molar-refractivity contribution < 1.29 is 19.5 Å². The van der Waals surface area contributed by atoms with Gasteiger partial charge in [-0.15, -0.1) is 0 Å². The van der Waals surface area contributed by atoms with Crippen LogP contribution < -0.4 is 15.8 Å². The molecule has 1 aromatic carbocycles. The monoisotopic (exact) mass is 534 g/mol. The SMILES string of the molecule is CCC(Oc1ncc(Cl)cc1Cl)C(=O)NCc1cccc(C(=O)N2CC3(CN(C/C(N)=N\O)C3)C2)c1. The van der Waals surface area contributed by atoms with Gasteiger partial charge in [0.1, 0.15) is 5.02 Å². The number of amides is 2. The zero-order chi connectivity index (χ0) is 25.9. The van der Waals surface area contributed by atoms with Crippen LogP contribution in [0.1, 0.15) is 29.3 Å². The van der Waals surface area contributed by atoms with E-state index in [1.165, 1.54) is 12.3 Å². The van der Waals surface area contributed by atoms with Crippen molar-refractivity contribution in [1.82, 2.24) is 20.1 Å². The molecule has 2 aliphatic heterocycles. The summed E-state index contributed by atoms with van der Waals surface area (Å²) in [6.45, 7) is 5.48. The Kier molecular flexibility index (Phi) is 7.87. The molecule has 4 rings (SSSR count). The number of benzene rings is 1. The minimum absolute atomic E-state index is 0.0399. The Hall–Kier alpha value is -3.08. The number of ether oxygens (including phenoxy) is 1. The first-order valence-corrected chi connectivity index (χ1v) is 12.3. The molecule has 0 aliphatic carbocycles. The highest BCUT2D eigenvalue weighted by Crippen LogP contribution is 2.40. The standard InChI is InChI=1S/C24H28Cl2N6O4/c1-2-19(36-22-18(26)7-17(25)9-29-22)21(33)28-8-15-4-3-5-16(6-15)23(34)32-13-24(14-32)11-31(12-24)10-20(27)30-35/h3-7,9,19,35H,2,8,10-14H2,1H3,(H2,27,30)(H,28,33). The molecule has 1 atom stereocenters. The highest BCUT2D eigenvalue weighted by atomic mass is 35.5.